The summed E-state index contributed by atoms with van der Waals surface area (Å²) in [5.74, 6) is -2.36. The molecule has 0 spiro atoms. The maximum atomic E-state index is 13.2. The van der Waals surface area contributed by atoms with Crippen molar-refractivity contribution in [3.05, 3.63) is 44.1 Å². The molecule has 0 saturated heterocycles. The van der Waals surface area contributed by atoms with E-state index in [0.717, 1.165) is 4.57 Å². The zero-order chi connectivity index (χ0) is 13.4. The van der Waals surface area contributed by atoms with E-state index in [1.807, 2.05) is 0 Å². The highest BCUT2D eigenvalue weighted by atomic mass is 19.1. The molecular formula is C10H11FN4O3. The highest BCUT2D eigenvalue weighted by Gasteiger charge is 2.15. The van der Waals surface area contributed by atoms with Crippen LogP contribution in [0.25, 0.3) is 0 Å². The summed E-state index contributed by atoms with van der Waals surface area (Å²) in [5.41, 5.74) is -0.824. The summed E-state index contributed by atoms with van der Waals surface area (Å²) in [6, 6.07) is 0. The van der Waals surface area contributed by atoms with Crippen LogP contribution in [0.2, 0.25) is 0 Å². The number of hydrogen-bond donors (Lipinski definition) is 2. The van der Waals surface area contributed by atoms with Crippen LogP contribution in [0.4, 0.5) is 4.39 Å². The third-order valence-corrected chi connectivity index (χ3v) is 2.56. The molecule has 0 aliphatic rings. The topological polar surface area (TPSA) is 92.9 Å². The van der Waals surface area contributed by atoms with E-state index in [0.29, 0.717) is 11.3 Å². The molecule has 2 aromatic heterocycles. The third-order valence-electron chi connectivity index (χ3n) is 2.56. The zero-order valence-corrected chi connectivity index (χ0v) is 9.77. The SMILES string of the molecule is Cc1nn(C)cc1Cn1c(O)c(F)c(=O)[nH]c1=O. The monoisotopic (exact) mass is 254 g/mol. The van der Waals surface area contributed by atoms with Gasteiger partial charge < -0.3 is 5.11 Å². The number of aryl methyl sites for hydroxylation is 2. The van der Waals surface area contributed by atoms with Gasteiger partial charge in [0.2, 0.25) is 11.7 Å². The van der Waals surface area contributed by atoms with Crippen LogP contribution in [0.5, 0.6) is 5.88 Å². The van der Waals surface area contributed by atoms with Gasteiger partial charge in [0.25, 0.3) is 5.56 Å². The van der Waals surface area contributed by atoms with Crippen molar-refractivity contribution in [3.8, 4) is 5.88 Å². The summed E-state index contributed by atoms with van der Waals surface area (Å²) >= 11 is 0. The van der Waals surface area contributed by atoms with Crippen molar-refractivity contribution in [2.45, 2.75) is 13.5 Å². The van der Waals surface area contributed by atoms with Gasteiger partial charge in [0.05, 0.1) is 12.2 Å². The Labute approximate surface area is 100 Å². The quantitative estimate of drug-likeness (QED) is 0.753. The summed E-state index contributed by atoms with van der Waals surface area (Å²) in [6.07, 6.45) is 1.64. The molecular weight excluding hydrogens is 243 g/mol. The van der Waals surface area contributed by atoms with Gasteiger partial charge in [0.1, 0.15) is 0 Å². The van der Waals surface area contributed by atoms with Crippen molar-refractivity contribution < 1.29 is 9.50 Å². The predicted octanol–water partition coefficient (Wildman–Crippen LogP) is -0.528. The largest absolute Gasteiger partial charge is 0.492 e. The van der Waals surface area contributed by atoms with Gasteiger partial charge in [0, 0.05) is 18.8 Å². The molecule has 0 aliphatic carbocycles. The average molecular weight is 254 g/mol. The van der Waals surface area contributed by atoms with Gasteiger partial charge in [-0.1, -0.05) is 0 Å². The number of H-pyrrole nitrogens is 1. The maximum absolute atomic E-state index is 13.2. The van der Waals surface area contributed by atoms with Crippen molar-refractivity contribution in [2.24, 2.45) is 7.05 Å². The minimum Gasteiger partial charge on any atom is -0.492 e. The van der Waals surface area contributed by atoms with Gasteiger partial charge in [-0.05, 0) is 6.92 Å². The van der Waals surface area contributed by atoms with E-state index < -0.39 is 22.9 Å². The predicted molar refractivity (Wildman–Crippen MR) is 60.0 cm³/mol. The summed E-state index contributed by atoms with van der Waals surface area (Å²) in [6.45, 7) is 1.65. The van der Waals surface area contributed by atoms with Crippen LogP contribution < -0.4 is 11.2 Å². The molecule has 96 valence electrons. The normalized spacial score (nSPS) is 10.8. The van der Waals surface area contributed by atoms with Crippen LogP contribution in [0.1, 0.15) is 11.3 Å². The second-order valence-corrected chi connectivity index (χ2v) is 3.90. The molecule has 8 heteroatoms. The molecule has 0 bridgehead atoms. The van der Waals surface area contributed by atoms with E-state index in [4.69, 9.17) is 0 Å². The summed E-state index contributed by atoms with van der Waals surface area (Å²) in [4.78, 5) is 24.2. The third kappa shape index (κ3) is 1.92. The molecule has 0 radical (unpaired) electrons. The van der Waals surface area contributed by atoms with Gasteiger partial charge in [-0.15, -0.1) is 0 Å². The Morgan fingerprint density at radius 2 is 2.17 bits per heavy atom. The molecule has 0 aromatic carbocycles. The molecule has 0 aliphatic heterocycles. The van der Waals surface area contributed by atoms with Crippen LogP contribution in [-0.2, 0) is 13.6 Å². The molecule has 0 amide bonds. The first-order chi connectivity index (χ1) is 8.40. The fourth-order valence-electron chi connectivity index (χ4n) is 1.66. The molecule has 2 heterocycles. The molecule has 0 atom stereocenters. The van der Waals surface area contributed by atoms with Crippen molar-refractivity contribution >= 4 is 0 Å². The van der Waals surface area contributed by atoms with Gasteiger partial charge in [0.15, 0.2) is 0 Å². The van der Waals surface area contributed by atoms with Crippen LogP contribution in [0.3, 0.4) is 0 Å². The maximum Gasteiger partial charge on any atom is 0.331 e. The van der Waals surface area contributed by atoms with Crippen molar-refractivity contribution in [1.29, 1.82) is 0 Å². The zero-order valence-electron chi connectivity index (χ0n) is 9.77. The van der Waals surface area contributed by atoms with Crippen LogP contribution in [-0.4, -0.2) is 24.4 Å². The summed E-state index contributed by atoms with van der Waals surface area (Å²) in [5, 5.41) is 13.5. The van der Waals surface area contributed by atoms with E-state index in [2.05, 4.69) is 5.10 Å². The lowest BCUT2D eigenvalue weighted by Crippen LogP contribution is -2.32. The van der Waals surface area contributed by atoms with Crippen molar-refractivity contribution in [2.75, 3.05) is 0 Å². The molecule has 18 heavy (non-hydrogen) atoms. The standard InChI is InChI=1S/C10H11FN4O3/c1-5-6(3-14(2)13-5)4-15-9(17)7(11)8(16)12-10(15)18/h3,17H,4H2,1-2H3,(H,12,16,18). The van der Waals surface area contributed by atoms with E-state index in [9.17, 15) is 19.1 Å². The Balaban J connectivity index is 2.54. The van der Waals surface area contributed by atoms with E-state index in [1.54, 1.807) is 25.2 Å². The molecule has 0 saturated carbocycles. The van der Waals surface area contributed by atoms with Crippen LogP contribution >= 0.6 is 0 Å². The fourth-order valence-corrected chi connectivity index (χ4v) is 1.66. The minimum absolute atomic E-state index is 0.0714. The lowest BCUT2D eigenvalue weighted by atomic mass is 10.2. The van der Waals surface area contributed by atoms with Gasteiger partial charge in [-0.2, -0.15) is 9.49 Å². The Hall–Kier alpha value is -2.38. The van der Waals surface area contributed by atoms with E-state index in [-0.39, 0.29) is 6.54 Å². The smallest absolute Gasteiger partial charge is 0.331 e. The Morgan fingerprint density at radius 1 is 1.50 bits per heavy atom. The fraction of sp³-hybridized carbons (Fsp3) is 0.300. The summed E-state index contributed by atoms with van der Waals surface area (Å²) < 4.78 is 15.5. The lowest BCUT2D eigenvalue weighted by Gasteiger charge is -2.06. The number of halogens is 1. The van der Waals surface area contributed by atoms with Gasteiger partial charge in [-0.25, -0.2) is 4.79 Å². The van der Waals surface area contributed by atoms with E-state index >= 15 is 0 Å². The first kappa shape index (κ1) is 12.1. The molecule has 0 fully saturated rings. The molecule has 2 rings (SSSR count). The first-order valence-corrected chi connectivity index (χ1v) is 5.11. The van der Waals surface area contributed by atoms with E-state index in [1.165, 1.54) is 4.68 Å². The lowest BCUT2D eigenvalue weighted by molar-refractivity contribution is 0.367. The average Bonchev–Trinajstić information content (AvgIpc) is 2.60. The molecule has 2 aromatic rings. The minimum atomic E-state index is -1.38. The second-order valence-electron chi connectivity index (χ2n) is 3.90. The molecule has 0 unspecified atom stereocenters. The number of hydrogen-bond acceptors (Lipinski definition) is 4. The number of nitrogens with zero attached hydrogens (tertiary/aromatic N) is 3. The van der Waals surface area contributed by atoms with Crippen LogP contribution in [0, 0.1) is 12.7 Å². The van der Waals surface area contributed by atoms with Crippen molar-refractivity contribution in [3.63, 3.8) is 0 Å². The van der Waals surface area contributed by atoms with Crippen LogP contribution in [0.15, 0.2) is 15.8 Å². The number of aromatic nitrogens is 4. The molecule has 7 nitrogen and oxygen atoms in total. The highest BCUT2D eigenvalue weighted by molar-refractivity contribution is 5.18. The van der Waals surface area contributed by atoms with Crippen molar-refractivity contribution in [1.82, 2.24) is 19.3 Å². The number of aromatic amines is 1. The Bertz CT molecular complexity index is 713. The Morgan fingerprint density at radius 3 is 2.72 bits per heavy atom. The summed E-state index contributed by atoms with van der Waals surface area (Å²) in [7, 11) is 1.70. The first-order valence-electron chi connectivity index (χ1n) is 5.11. The molecule has 2 N–H and O–H groups in total. The highest BCUT2D eigenvalue weighted by Crippen LogP contribution is 2.12. The Kier molecular flexibility index (Phi) is 2.77. The second kappa shape index (κ2) is 4.13. The number of rotatable bonds is 2. The van der Waals surface area contributed by atoms with Gasteiger partial charge >= 0.3 is 5.69 Å². The van der Waals surface area contributed by atoms with Gasteiger partial charge in [-0.3, -0.25) is 19.0 Å². The number of aromatic hydroxyl groups is 1. The number of nitrogens with one attached hydrogen (secondary N) is 1.